The fraction of sp³-hybridized carbons (Fsp3) is 0.364. The number of imidazole rings is 1. The molecule has 0 N–H and O–H groups in total. The number of methoxy groups -OCH3 is 1. The summed E-state index contributed by atoms with van der Waals surface area (Å²) in [6.07, 6.45) is 0.787. The first-order valence-electron chi connectivity index (χ1n) is 4.81. The molecule has 1 heterocycles. The van der Waals surface area contributed by atoms with Crippen LogP contribution in [0.5, 0.6) is 5.75 Å². The highest BCUT2D eigenvalue weighted by atomic mass is 35.5. The van der Waals surface area contributed by atoms with E-state index in [1.807, 2.05) is 25.2 Å². The molecule has 0 aliphatic heterocycles. The number of hydrogen-bond acceptors (Lipinski definition) is 2. The standard InChI is InChI=1S/C11H13ClN2O/c1-14-10-4-3-8(15-2)7-9(10)13-11(14)5-6-12/h3-4,7H,5-6H2,1-2H3. The number of alkyl halides is 1. The maximum atomic E-state index is 5.72. The zero-order valence-corrected chi connectivity index (χ0v) is 9.58. The van der Waals surface area contributed by atoms with Crippen LogP contribution in [0.1, 0.15) is 5.82 Å². The number of fused-ring (bicyclic) bond motifs is 1. The van der Waals surface area contributed by atoms with Gasteiger partial charge in [0.15, 0.2) is 0 Å². The minimum atomic E-state index is 0.592. The van der Waals surface area contributed by atoms with Crippen molar-refractivity contribution < 1.29 is 4.74 Å². The second-order valence-corrected chi connectivity index (χ2v) is 3.76. The van der Waals surface area contributed by atoms with Gasteiger partial charge in [0.2, 0.25) is 0 Å². The Balaban J connectivity index is 2.55. The van der Waals surface area contributed by atoms with Crippen LogP contribution in [-0.2, 0) is 13.5 Å². The molecule has 2 rings (SSSR count). The summed E-state index contributed by atoms with van der Waals surface area (Å²) in [4.78, 5) is 4.51. The number of rotatable bonds is 3. The smallest absolute Gasteiger partial charge is 0.121 e. The number of nitrogens with zero attached hydrogens (tertiary/aromatic N) is 2. The molecule has 1 aromatic heterocycles. The molecule has 0 radical (unpaired) electrons. The van der Waals surface area contributed by atoms with Crippen LogP contribution in [0.3, 0.4) is 0 Å². The molecule has 0 spiro atoms. The Labute approximate surface area is 93.6 Å². The maximum Gasteiger partial charge on any atom is 0.121 e. The average molecular weight is 225 g/mol. The summed E-state index contributed by atoms with van der Waals surface area (Å²) in [6, 6.07) is 5.89. The summed E-state index contributed by atoms with van der Waals surface area (Å²) in [7, 11) is 3.66. The van der Waals surface area contributed by atoms with Gasteiger partial charge in [0.25, 0.3) is 0 Å². The molecule has 0 saturated carbocycles. The molecule has 0 saturated heterocycles. The van der Waals surface area contributed by atoms with Crippen LogP contribution < -0.4 is 4.74 Å². The van der Waals surface area contributed by atoms with Crippen molar-refractivity contribution in [2.75, 3.05) is 13.0 Å². The van der Waals surface area contributed by atoms with Crippen molar-refractivity contribution in [2.45, 2.75) is 6.42 Å². The van der Waals surface area contributed by atoms with Crippen molar-refractivity contribution in [1.82, 2.24) is 9.55 Å². The van der Waals surface area contributed by atoms with Crippen molar-refractivity contribution in [3.05, 3.63) is 24.0 Å². The highest BCUT2D eigenvalue weighted by Gasteiger charge is 2.07. The fourth-order valence-electron chi connectivity index (χ4n) is 1.66. The zero-order chi connectivity index (χ0) is 10.8. The first-order valence-corrected chi connectivity index (χ1v) is 5.35. The number of halogens is 1. The van der Waals surface area contributed by atoms with E-state index in [1.165, 1.54) is 0 Å². The van der Waals surface area contributed by atoms with Crippen LogP contribution in [0.4, 0.5) is 0 Å². The van der Waals surface area contributed by atoms with Gasteiger partial charge < -0.3 is 9.30 Å². The van der Waals surface area contributed by atoms with Gasteiger partial charge in [-0.25, -0.2) is 4.98 Å². The van der Waals surface area contributed by atoms with Gasteiger partial charge in [-0.2, -0.15) is 0 Å². The molecule has 0 bridgehead atoms. The molecule has 3 nitrogen and oxygen atoms in total. The second-order valence-electron chi connectivity index (χ2n) is 3.38. The Morgan fingerprint density at radius 2 is 2.27 bits per heavy atom. The number of aromatic nitrogens is 2. The van der Waals surface area contributed by atoms with Crippen LogP contribution in [0, 0.1) is 0 Å². The fourth-order valence-corrected chi connectivity index (χ4v) is 1.83. The molecule has 0 aliphatic carbocycles. The van der Waals surface area contributed by atoms with Gasteiger partial charge in [0, 0.05) is 25.4 Å². The minimum Gasteiger partial charge on any atom is -0.497 e. The molecule has 4 heteroatoms. The molecule has 0 fully saturated rings. The Bertz CT molecular complexity index is 479. The molecule has 0 aliphatic rings. The van der Waals surface area contributed by atoms with E-state index in [1.54, 1.807) is 7.11 Å². The lowest BCUT2D eigenvalue weighted by Gasteiger charge is -2.00. The van der Waals surface area contributed by atoms with Gasteiger partial charge in [-0.3, -0.25) is 0 Å². The summed E-state index contributed by atoms with van der Waals surface area (Å²) in [5, 5.41) is 0. The van der Waals surface area contributed by atoms with Gasteiger partial charge in [-0.15, -0.1) is 11.6 Å². The average Bonchev–Trinajstić information content (AvgIpc) is 2.56. The van der Waals surface area contributed by atoms with Crippen LogP contribution >= 0.6 is 11.6 Å². The Hall–Kier alpha value is -1.22. The summed E-state index contributed by atoms with van der Waals surface area (Å²) in [5.41, 5.74) is 2.06. The topological polar surface area (TPSA) is 27.1 Å². The number of ether oxygens (including phenoxy) is 1. The molecule has 1 aromatic carbocycles. The molecule has 0 amide bonds. The first-order chi connectivity index (χ1) is 7.26. The summed E-state index contributed by atoms with van der Waals surface area (Å²) >= 11 is 5.72. The monoisotopic (exact) mass is 224 g/mol. The van der Waals surface area contributed by atoms with Crippen molar-refractivity contribution in [3.63, 3.8) is 0 Å². The largest absolute Gasteiger partial charge is 0.497 e. The third-order valence-electron chi connectivity index (χ3n) is 2.50. The molecule has 2 aromatic rings. The van der Waals surface area contributed by atoms with Crippen LogP contribution in [0.25, 0.3) is 11.0 Å². The van der Waals surface area contributed by atoms with Crippen molar-refractivity contribution in [1.29, 1.82) is 0 Å². The number of hydrogen-bond donors (Lipinski definition) is 0. The highest BCUT2D eigenvalue weighted by Crippen LogP contribution is 2.21. The van der Waals surface area contributed by atoms with Crippen molar-refractivity contribution in [3.8, 4) is 5.75 Å². The van der Waals surface area contributed by atoms with Gasteiger partial charge in [-0.05, 0) is 12.1 Å². The molecular weight excluding hydrogens is 212 g/mol. The van der Waals surface area contributed by atoms with Crippen molar-refractivity contribution in [2.24, 2.45) is 7.05 Å². The van der Waals surface area contributed by atoms with E-state index in [0.29, 0.717) is 5.88 Å². The SMILES string of the molecule is COc1ccc2c(c1)nc(CCCl)n2C. The van der Waals surface area contributed by atoms with Crippen LogP contribution in [-0.4, -0.2) is 22.5 Å². The van der Waals surface area contributed by atoms with E-state index in [9.17, 15) is 0 Å². The third-order valence-corrected chi connectivity index (χ3v) is 2.69. The number of aryl methyl sites for hydroxylation is 2. The molecule has 15 heavy (non-hydrogen) atoms. The molecule has 0 unspecified atom stereocenters. The Kier molecular flexibility index (Phi) is 2.82. The zero-order valence-electron chi connectivity index (χ0n) is 8.83. The summed E-state index contributed by atoms with van der Waals surface area (Å²) in [5.74, 6) is 2.43. The lowest BCUT2D eigenvalue weighted by Crippen LogP contribution is -1.98. The second kappa shape index (κ2) is 4.11. The predicted octanol–water partition coefficient (Wildman–Crippen LogP) is 2.36. The molecular formula is C11H13ClN2O. The van der Waals surface area contributed by atoms with E-state index in [0.717, 1.165) is 29.0 Å². The normalized spacial score (nSPS) is 10.9. The van der Waals surface area contributed by atoms with E-state index < -0.39 is 0 Å². The maximum absolute atomic E-state index is 5.72. The van der Waals surface area contributed by atoms with E-state index >= 15 is 0 Å². The Morgan fingerprint density at radius 3 is 2.93 bits per heavy atom. The van der Waals surface area contributed by atoms with Gasteiger partial charge in [0.1, 0.15) is 11.6 Å². The first kappa shape index (κ1) is 10.3. The molecule has 80 valence electrons. The van der Waals surface area contributed by atoms with E-state index in [2.05, 4.69) is 9.55 Å². The van der Waals surface area contributed by atoms with E-state index in [-0.39, 0.29) is 0 Å². The quantitative estimate of drug-likeness (QED) is 0.749. The summed E-state index contributed by atoms with van der Waals surface area (Å²) < 4.78 is 7.22. The van der Waals surface area contributed by atoms with Crippen LogP contribution in [0.15, 0.2) is 18.2 Å². The minimum absolute atomic E-state index is 0.592. The summed E-state index contributed by atoms with van der Waals surface area (Å²) in [6.45, 7) is 0. The third kappa shape index (κ3) is 1.79. The van der Waals surface area contributed by atoms with Crippen molar-refractivity contribution >= 4 is 22.6 Å². The highest BCUT2D eigenvalue weighted by molar-refractivity contribution is 6.17. The van der Waals surface area contributed by atoms with Crippen LogP contribution in [0.2, 0.25) is 0 Å². The van der Waals surface area contributed by atoms with E-state index in [4.69, 9.17) is 16.3 Å². The Morgan fingerprint density at radius 1 is 1.47 bits per heavy atom. The lowest BCUT2D eigenvalue weighted by molar-refractivity contribution is 0.415. The lowest BCUT2D eigenvalue weighted by atomic mass is 10.3. The number of benzene rings is 1. The van der Waals surface area contributed by atoms with Gasteiger partial charge in [-0.1, -0.05) is 0 Å². The van der Waals surface area contributed by atoms with Gasteiger partial charge in [0.05, 0.1) is 18.1 Å². The van der Waals surface area contributed by atoms with Gasteiger partial charge >= 0.3 is 0 Å². The predicted molar refractivity (Wildman–Crippen MR) is 61.7 cm³/mol. The molecule has 0 atom stereocenters.